The predicted molar refractivity (Wildman–Crippen MR) is 84.6 cm³/mol. The zero-order chi connectivity index (χ0) is 14.4. The first-order valence-electron chi connectivity index (χ1n) is 6.62. The molecule has 0 aliphatic heterocycles. The number of nitrogen functional groups attached to an aromatic ring is 1. The summed E-state index contributed by atoms with van der Waals surface area (Å²) in [6.07, 6.45) is 0.953. The number of methoxy groups -OCH3 is 2. The summed E-state index contributed by atoms with van der Waals surface area (Å²) < 4.78 is 11.4. The summed E-state index contributed by atoms with van der Waals surface area (Å²) in [6.45, 7) is 3.10. The molecule has 0 saturated heterocycles. The largest absolute Gasteiger partial charge is 0.395 e. The molecule has 0 atom stereocenters. The first-order chi connectivity index (χ1) is 9.77. The van der Waals surface area contributed by atoms with Gasteiger partial charge in [0.05, 0.1) is 28.2 Å². The maximum absolute atomic E-state index is 6.27. The molecular formula is C14H21N3O2S. The summed E-state index contributed by atoms with van der Waals surface area (Å²) in [7, 11) is 3.43. The zero-order valence-corrected chi connectivity index (χ0v) is 12.8. The van der Waals surface area contributed by atoms with Crippen LogP contribution in [0.25, 0.3) is 10.2 Å². The molecule has 0 bridgehead atoms. The molecule has 1 aromatic carbocycles. The minimum Gasteiger partial charge on any atom is -0.395 e. The fourth-order valence-corrected chi connectivity index (χ4v) is 2.86. The fraction of sp³-hybridized carbons (Fsp3) is 0.500. The molecule has 0 saturated carbocycles. The van der Waals surface area contributed by atoms with Crippen molar-refractivity contribution in [2.24, 2.45) is 0 Å². The minimum absolute atomic E-state index is 0.668. The van der Waals surface area contributed by atoms with Crippen LogP contribution in [0.3, 0.4) is 0 Å². The Hall–Kier alpha value is -1.37. The molecule has 2 aromatic rings. The highest BCUT2D eigenvalue weighted by molar-refractivity contribution is 7.16. The van der Waals surface area contributed by atoms with Gasteiger partial charge in [-0.1, -0.05) is 0 Å². The van der Waals surface area contributed by atoms with Crippen LogP contribution >= 0.6 is 11.3 Å². The quantitative estimate of drug-likeness (QED) is 0.598. The van der Waals surface area contributed by atoms with Crippen LogP contribution in [0.15, 0.2) is 17.6 Å². The molecule has 0 fully saturated rings. The zero-order valence-electron chi connectivity index (χ0n) is 12.0. The number of hydrogen-bond acceptors (Lipinski definition) is 6. The van der Waals surface area contributed by atoms with E-state index in [1.165, 1.54) is 0 Å². The molecule has 0 amide bonds. The lowest BCUT2D eigenvalue weighted by Gasteiger charge is -2.26. The third-order valence-corrected chi connectivity index (χ3v) is 4.00. The summed E-state index contributed by atoms with van der Waals surface area (Å²) >= 11 is 1.61. The number of thiazole rings is 1. The number of hydrogen-bond donors (Lipinski definition) is 1. The highest BCUT2D eigenvalue weighted by Crippen LogP contribution is 2.32. The van der Waals surface area contributed by atoms with E-state index in [9.17, 15) is 0 Å². The number of fused-ring (bicyclic) bond motifs is 1. The lowest BCUT2D eigenvalue weighted by molar-refractivity contribution is 0.191. The molecule has 6 heteroatoms. The van der Waals surface area contributed by atoms with Gasteiger partial charge in [0.15, 0.2) is 0 Å². The Bertz CT molecular complexity index is 544. The third-order valence-electron chi connectivity index (χ3n) is 3.20. The molecular weight excluding hydrogens is 274 g/mol. The molecule has 0 aliphatic rings. The van der Waals surface area contributed by atoms with Gasteiger partial charge >= 0.3 is 0 Å². The number of nitrogens with zero attached hydrogens (tertiary/aromatic N) is 2. The van der Waals surface area contributed by atoms with E-state index < -0.39 is 0 Å². The van der Waals surface area contributed by atoms with Crippen LogP contribution in [0.1, 0.15) is 6.42 Å². The van der Waals surface area contributed by atoms with E-state index in [0.717, 1.165) is 47.7 Å². The van der Waals surface area contributed by atoms with Gasteiger partial charge in [-0.15, -0.1) is 11.3 Å². The van der Waals surface area contributed by atoms with E-state index in [-0.39, 0.29) is 0 Å². The van der Waals surface area contributed by atoms with Crippen molar-refractivity contribution < 1.29 is 9.47 Å². The van der Waals surface area contributed by atoms with E-state index in [4.69, 9.17) is 15.2 Å². The highest BCUT2D eigenvalue weighted by atomic mass is 32.1. The van der Waals surface area contributed by atoms with Gasteiger partial charge in [-0.25, -0.2) is 4.98 Å². The van der Waals surface area contributed by atoms with Crippen molar-refractivity contribution in [1.82, 2.24) is 4.98 Å². The Kier molecular flexibility index (Phi) is 5.58. The van der Waals surface area contributed by atoms with Crippen LogP contribution in [-0.2, 0) is 9.47 Å². The molecule has 2 rings (SSSR count). The van der Waals surface area contributed by atoms with E-state index in [2.05, 4.69) is 22.0 Å². The van der Waals surface area contributed by atoms with Crippen molar-refractivity contribution in [1.29, 1.82) is 0 Å². The Morgan fingerprint density at radius 1 is 1.20 bits per heavy atom. The van der Waals surface area contributed by atoms with Crippen molar-refractivity contribution >= 4 is 32.9 Å². The van der Waals surface area contributed by atoms with Crippen LogP contribution in [0.4, 0.5) is 11.4 Å². The van der Waals surface area contributed by atoms with E-state index in [0.29, 0.717) is 6.61 Å². The number of benzene rings is 1. The van der Waals surface area contributed by atoms with Gasteiger partial charge in [-0.05, 0) is 18.6 Å². The summed E-state index contributed by atoms with van der Waals surface area (Å²) in [4.78, 5) is 6.58. The number of aromatic nitrogens is 1. The lowest BCUT2D eigenvalue weighted by atomic mass is 10.2. The first-order valence-corrected chi connectivity index (χ1v) is 7.50. The highest BCUT2D eigenvalue weighted by Gasteiger charge is 2.13. The molecule has 2 N–H and O–H groups in total. The number of rotatable bonds is 8. The topological polar surface area (TPSA) is 60.6 Å². The van der Waals surface area contributed by atoms with E-state index in [1.54, 1.807) is 25.6 Å². The number of nitrogens with two attached hydrogens (primary N) is 1. The molecule has 0 radical (unpaired) electrons. The Morgan fingerprint density at radius 3 is 2.75 bits per heavy atom. The average molecular weight is 295 g/mol. The molecule has 110 valence electrons. The SMILES string of the molecule is COCCCN(CCOC)c1ccc2scnc2c1N. The fourth-order valence-electron chi connectivity index (χ4n) is 2.17. The van der Waals surface area contributed by atoms with Gasteiger partial charge in [0.2, 0.25) is 0 Å². The lowest BCUT2D eigenvalue weighted by Crippen LogP contribution is -2.29. The van der Waals surface area contributed by atoms with Crippen molar-refractivity contribution in [3.63, 3.8) is 0 Å². The molecule has 0 spiro atoms. The summed E-state index contributed by atoms with van der Waals surface area (Å²) in [5.41, 5.74) is 10.8. The van der Waals surface area contributed by atoms with Crippen molar-refractivity contribution in [3.05, 3.63) is 17.6 Å². The summed E-state index contributed by atoms with van der Waals surface area (Å²) in [6, 6.07) is 4.15. The van der Waals surface area contributed by atoms with Gasteiger partial charge in [-0.2, -0.15) is 0 Å². The maximum Gasteiger partial charge on any atom is 0.106 e. The molecule has 20 heavy (non-hydrogen) atoms. The van der Waals surface area contributed by atoms with E-state index >= 15 is 0 Å². The minimum atomic E-state index is 0.668. The van der Waals surface area contributed by atoms with Crippen LogP contribution < -0.4 is 10.6 Å². The average Bonchev–Trinajstić information content (AvgIpc) is 2.93. The van der Waals surface area contributed by atoms with Crippen LogP contribution in [0.2, 0.25) is 0 Å². The third kappa shape index (κ3) is 3.39. The van der Waals surface area contributed by atoms with Crippen LogP contribution in [0.5, 0.6) is 0 Å². The Morgan fingerprint density at radius 2 is 2.00 bits per heavy atom. The Labute approximate surface area is 123 Å². The number of ether oxygens (including phenoxy) is 2. The van der Waals surface area contributed by atoms with Gasteiger partial charge in [0.25, 0.3) is 0 Å². The predicted octanol–water partition coefficient (Wildman–Crippen LogP) is 2.37. The van der Waals surface area contributed by atoms with Gasteiger partial charge in [-0.3, -0.25) is 0 Å². The second kappa shape index (κ2) is 7.42. The van der Waals surface area contributed by atoms with Gasteiger partial charge < -0.3 is 20.1 Å². The summed E-state index contributed by atoms with van der Waals surface area (Å²) in [5, 5.41) is 0. The smallest absolute Gasteiger partial charge is 0.106 e. The van der Waals surface area contributed by atoms with Gasteiger partial charge in [0.1, 0.15) is 5.52 Å². The molecule has 0 unspecified atom stereocenters. The van der Waals surface area contributed by atoms with Crippen molar-refractivity contribution in [3.8, 4) is 0 Å². The van der Waals surface area contributed by atoms with E-state index in [1.807, 2.05) is 5.51 Å². The van der Waals surface area contributed by atoms with Crippen molar-refractivity contribution in [2.45, 2.75) is 6.42 Å². The number of anilines is 2. The maximum atomic E-state index is 6.27. The Balaban J connectivity index is 2.21. The van der Waals surface area contributed by atoms with Crippen molar-refractivity contribution in [2.75, 3.05) is 51.2 Å². The van der Waals surface area contributed by atoms with Crippen LogP contribution in [0, 0.1) is 0 Å². The first kappa shape index (κ1) is 15.0. The molecule has 5 nitrogen and oxygen atoms in total. The molecule has 1 aromatic heterocycles. The normalized spacial score (nSPS) is 11.1. The second-order valence-corrected chi connectivity index (χ2v) is 5.41. The molecule has 0 aliphatic carbocycles. The summed E-state index contributed by atoms with van der Waals surface area (Å²) in [5.74, 6) is 0. The standard InChI is InChI=1S/C14H21N3O2S/c1-18-8-3-6-17(7-9-19-2)11-4-5-12-14(13(11)15)16-10-20-12/h4-5,10H,3,6-9,15H2,1-2H3. The van der Waals surface area contributed by atoms with Crippen LogP contribution in [-0.4, -0.2) is 45.5 Å². The molecule has 1 heterocycles. The van der Waals surface area contributed by atoms with Gasteiger partial charge in [0, 0.05) is 33.9 Å². The monoisotopic (exact) mass is 295 g/mol. The second-order valence-electron chi connectivity index (χ2n) is 4.52.